The molecule has 0 aliphatic carbocycles. The lowest BCUT2D eigenvalue weighted by molar-refractivity contribution is -0.120. The van der Waals surface area contributed by atoms with Gasteiger partial charge in [0.15, 0.2) is 0 Å². The molecule has 0 unspecified atom stereocenters. The lowest BCUT2D eigenvalue weighted by atomic mass is 10.4. The van der Waals surface area contributed by atoms with E-state index in [4.69, 9.17) is 4.74 Å². The second-order valence-corrected chi connectivity index (χ2v) is 4.20. The summed E-state index contributed by atoms with van der Waals surface area (Å²) in [5.74, 6) is 0.0505. The van der Waals surface area contributed by atoms with Gasteiger partial charge in [0.05, 0.1) is 13.2 Å². The quantitative estimate of drug-likeness (QED) is 0.534. The first-order valence-electron chi connectivity index (χ1n) is 5.73. The molecule has 0 aliphatic heterocycles. The highest BCUT2D eigenvalue weighted by molar-refractivity contribution is 5.78. The molecule has 0 aromatic carbocycles. The van der Waals surface area contributed by atoms with E-state index in [-0.39, 0.29) is 11.9 Å². The number of carbonyl (C=O) groups is 1. The fourth-order valence-electron chi connectivity index (χ4n) is 1.20. The number of ether oxygens (including phenoxy) is 1. The molecule has 0 spiro atoms. The summed E-state index contributed by atoms with van der Waals surface area (Å²) in [6.07, 6.45) is 0. The smallest absolute Gasteiger partial charge is 0.234 e. The molecule has 1 amide bonds. The SMILES string of the molecule is COCCN(C)CCNCC(=O)NC(C)C. The Morgan fingerprint density at radius 2 is 2.06 bits per heavy atom. The Balaban J connectivity index is 3.35. The molecule has 5 heteroatoms. The predicted molar refractivity (Wildman–Crippen MR) is 65.5 cm³/mol. The van der Waals surface area contributed by atoms with Gasteiger partial charge in [-0.2, -0.15) is 0 Å². The molecule has 0 rings (SSSR count). The number of methoxy groups -OCH3 is 1. The average Bonchev–Trinajstić information content (AvgIpc) is 2.20. The minimum atomic E-state index is 0.0505. The maximum atomic E-state index is 11.3. The highest BCUT2D eigenvalue weighted by atomic mass is 16.5. The number of likely N-dealkylation sites (N-methyl/N-ethyl adjacent to an activating group) is 1. The van der Waals surface area contributed by atoms with Crippen LogP contribution in [0, 0.1) is 0 Å². The van der Waals surface area contributed by atoms with Gasteiger partial charge in [0.2, 0.25) is 5.91 Å². The van der Waals surface area contributed by atoms with Crippen LogP contribution >= 0.6 is 0 Å². The van der Waals surface area contributed by atoms with Crippen molar-refractivity contribution >= 4 is 5.91 Å². The minimum Gasteiger partial charge on any atom is -0.383 e. The van der Waals surface area contributed by atoms with E-state index in [2.05, 4.69) is 15.5 Å². The maximum absolute atomic E-state index is 11.3. The zero-order chi connectivity index (χ0) is 12.4. The number of amides is 1. The van der Waals surface area contributed by atoms with Crippen LogP contribution in [0.15, 0.2) is 0 Å². The molecular formula is C11H25N3O2. The van der Waals surface area contributed by atoms with Crippen LogP contribution in [0.4, 0.5) is 0 Å². The third-order valence-corrected chi connectivity index (χ3v) is 2.08. The van der Waals surface area contributed by atoms with Gasteiger partial charge in [-0.05, 0) is 20.9 Å². The molecule has 0 fully saturated rings. The number of hydrogen-bond donors (Lipinski definition) is 2. The Morgan fingerprint density at radius 1 is 1.38 bits per heavy atom. The van der Waals surface area contributed by atoms with Crippen LogP contribution in [0.2, 0.25) is 0 Å². The van der Waals surface area contributed by atoms with Crippen LogP contribution in [-0.4, -0.2) is 63.8 Å². The Labute approximate surface area is 98.5 Å². The van der Waals surface area contributed by atoms with Crippen molar-refractivity contribution in [3.63, 3.8) is 0 Å². The molecular weight excluding hydrogens is 206 g/mol. The van der Waals surface area contributed by atoms with Gasteiger partial charge in [-0.15, -0.1) is 0 Å². The largest absolute Gasteiger partial charge is 0.383 e. The number of carbonyl (C=O) groups excluding carboxylic acids is 1. The summed E-state index contributed by atoms with van der Waals surface area (Å²) in [4.78, 5) is 13.4. The highest BCUT2D eigenvalue weighted by Gasteiger charge is 2.02. The Bertz CT molecular complexity index is 186. The molecule has 0 aromatic heterocycles. The topological polar surface area (TPSA) is 53.6 Å². The van der Waals surface area contributed by atoms with Crippen molar-refractivity contribution in [3.8, 4) is 0 Å². The van der Waals surface area contributed by atoms with Crippen molar-refractivity contribution in [2.24, 2.45) is 0 Å². The van der Waals surface area contributed by atoms with Crippen molar-refractivity contribution in [1.82, 2.24) is 15.5 Å². The van der Waals surface area contributed by atoms with Crippen LogP contribution in [0.1, 0.15) is 13.8 Å². The zero-order valence-corrected chi connectivity index (χ0v) is 10.9. The Morgan fingerprint density at radius 3 is 2.62 bits per heavy atom. The van der Waals surface area contributed by atoms with E-state index in [1.165, 1.54) is 0 Å². The fraction of sp³-hybridized carbons (Fsp3) is 0.909. The summed E-state index contributed by atoms with van der Waals surface area (Å²) >= 11 is 0. The van der Waals surface area contributed by atoms with Gasteiger partial charge in [0, 0.05) is 32.8 Å². The number of hydrogen-bond acceptors (Lipinski definition) is 4. The molecule has 0 aromatic rings. The molecule has 96 valence electrons. The minimum absolute atomic E-state index is 0.0505. The lowest BCUT2D eigenvalue weighted by Crippen LogP contribution is -2.40. The van der Waals surface area contributed by atoms with Gasteiger partial charge in [0.25, 0.3) is 0 Å². The molecule has 0 atom stereocenters. The second kappa shape index (κ2) is 9.57. The van der Waals surface area contributed by atoms with Gasteiger partial charge < -0.3 is 20.3 Å². The van der Waals surface area contributed by atoms with Crippen LogP contribution < -0.4 is 10.6 Å². The molecule has 0 heterocycles. The summed E-state index contributed by atoms with van der Waals surface area (Å²) in [7, 11) is 3.73. The molecule has 0 aliphatic rings. The third kappa shape index (κ3) is 9.89. The number of nitrogens with zero attached hydrogens (tertiary/aromatic N) is 1. The Kier molecular flexibility index (Phi) is 9.18. The standard InChI is InChI=1S/C11H25N3O2/c1-10(2)13-11(15)9-12-5-6-14(3)7-8-16-4/h10,12H,5-9H2,1-4H3,(H,13,15). The average molecular weight is 231 g/mol. The molecule has 0 radical (unpaired) electrons. The van der Waals surface area contributed by atoms with Crippen LogP contribution in [0.3, 0.4) is 0 Å². The molecule has 0 saturated heterocycles. The van der Waals surface area contributed by atoms with E-state index in [9.17, 15) is 4.79 Å². The van der Waals surface area contributed by atoms with Gasteiger partial charge in [-0.3, -0.25) is 4.79 Å². The van der Waals surface area contributed by atoms with E-state index in [0.717, 1.165) is 26.2 Å². The summed E-state index contributed by atoms with van der Waals surface area (Å²) in [5, 5.41) is 5.93. The summed E-state index contributed by atoms with van der Waals surface area (Å²) < 4.78 is 4.97. The van der Waals surface area contributed by atoms with Crippen LogP contribution in [0.25, 0.3) is 0 Å². The van der Waals surface area contributed by atoms with E-state index >= 15 is 0 Å². The number of nitrogens with one attached hydrogen (secondary N) is 2. The fourth-order valence-corrected chi connectivity index (χ4v) is 1.20. The van der Waals surface area contributed by atoms with Crippen molar-refractivity contribution < 1.29 is 9.53 Å². The van der Waals surface area contributed by atoms with Crippen molar-refractivity contribution in [2.75, 3.05) is 46.9 Å². The molecule has 2 N–H and O–H groups in total. The van der Waals surface area contributed by atoms with E-state index in [1.54, 1.807) is 7.11 Å². The molecule has 0 bridgehead atoms. The third-order valence-electron chi connectivity index (χ3n) is 2.08. The zero-order valence-electron chi connectivity index (χ0n) is 10.9. The van der Waals surface area contributed by atoms with E-state index < -0.39 is 0 Å². The normalized spacial score (nSPS) is 11.1. The number of rotatable bonds is 9. The first-order chi connectivity index (χ1) is 7.56. The van der Waals surface area contributed by atoms with Crippen LogP contribution in [-0.2, 0) is 9.53 Å². The summed E-state index contributed by atoms with van der Waals surface area (Å²) in [6, 6.07) is 0.207. The molecule has 16 heavy (non-hydrogen) atoms. The van der Waals surface area contributed by atoms with E-state index in [0.29, 0.717) is 6.54 Å². The van der Waals surface area contributed by atoms with Crippen molar-refractivity contribution in [1.29, 1.82) is 0 Å². The van der Waals surface area contributed by atoms with Gasteiger partial charge in [-0.1, -0.05) is 0 Å². The first kappa shape index (κ1) is 15.3. The van der Waals surface area contributed by atoms with Gasteiger partial charge in [0.1, 0.15) is 0 Å². The first-order valence-corrected chi connectivity index (χ1v) is 5.73. The van der Waals surface area contributed by atoms with Crippen LogP contribution in [0.5, 0.6) is 0 Å². The van der Waals surface area contributed by atoms with Gasteiger partial charge in [-0.25, -0.2) is 0 Å². The summed E-state index contributed by atoms with van der Waals surface area (Å²) in [6.45, 7) is 7.67. The molecule has 5 nitrogen and oxygen atoms in total. The summed E-state index contributed by atoms with van der Waals surface area (Å²) in [5.41, 5.74) is 0. The van der Waals surface area contributed by atoms with Gasteiger partial charge >= 0.3 is 0 Å². The highest BCUT2D eigenvalue weighted by Crippen LogP contribution is 1.81. The maximum Gasteiger partial charge on any atom is 0.234 e. The Hall–Kier alpha value is -0.650. The molecule has 0 saturated carbocycles. The van der Waals surface area contributed by atoms with Crippen molar-refractivity contribution in [2.45, 2.75) is 19.9 Å². The lowest BCUT2D eigenvalue weighted by Gasteiger charge is -2.16. The second-order valence-electron chi connectivity index (χ2n) is 4.20. The van der Waals surface area contributed by atoms with Crippen molar-refractivity contribution in [3.05, 3.63) is 0 Å². The van der Waals surface area contributed by atoms with E-state index in [1.807, 2.05) is 20.9 Å². The predicted octanol–water partition coefficient (Wildman–Crippen LogP) is -0.321. The monoisotopic (exact) mass is 231 g/mol.